The highest BCUT2D eigenvalue weighted by atomic mass is 16.5. The second kappa shape index (κ2) is 9.73. The smallest absolute Gasteiger partial charge is 0.319 e. The molecule has 0 aliphatic carbocycles. The SMILES string of the molecule is COc1cc(C)c(CNC(=O)Nc2ccc(C3C=NN(C)C3)c(OC)c2)cc1C(C)C. The van der Waals surface area contributed by atoms with Crippen LogP contribution in [-0.4, -0.2) is 45.1 Å². The Morgan fingerprint density at radius 2 is 1.94 bits per heavy atom. The number of carbonyl (C=O) groups excluding carboxylic acids is 1. The molecular weight excluding hydrogens is 392 g/mol. The number of ether oxygens (including phenoxy) is 2. The van der Waals surface area contributed by atoms with Crippen molar-refractivity contribution in [1.29, 1.82) is 0 Å². The van der Waals surface area contributed by atoms with E-state index >= 15 is 0 Å². The summed E-state index contributed by atoms with van der Waals surface area (Å²) < 4.78 is 11.1. The second-order valence-electron chi connectivity index (χ2n) is 8.15. The first-order valence-electron chi connectivity index (χ1n) is 10.5. The topological polar surface area (TPSA) is 75.2 Å². The number of methoxy groups -OCH3 is 2. The highest BCUT2D eigenvalue weighted by Crippen LogP contribution is 2.32. The van der Waals surface area contributed by atoms with Gasteiger partial charge in [-0.05, 0) is 47.7 Å². The quantitative estimate of drug-likeness (QED) is 0.688. The van der Waals surface area contributed by atoms with Gasteiger partial charge in [-0.1, -0.05) is 19.9 Å². The predicted octanol–water partition coefficient (Wildman–Crippen LogP) is 4.47. The molecule has 1 aliphatic rings. The number of hydrazone groups is 1. The molecule has 1 atom stereocenters. The zero-order valence-corrected chi connectivity index (χ0v) is 19.2. The van der Waals surface area contributed by atoms with Gasteiger partial charge >= 0.3 is 6.03 Å². The summed E-state index contributed by atoms with van der Waals surface area (Å²) in [6.45, 7) is 7.52. The zero-order chi connectivity index (χ0) is 22.5. The van der Waals surface area contributed by atoms with Crippen molar-refractivity contribution in [1.82, 2.24) is 10.3 Å². The van der Waals surface area contributed by atoms with Crippen molar-refractivity contribution in [3.8, 4) is 11.5 Å². The van der Waals surface area contributed by atoms with Crippen LogP contribution >= 0.6 is 0 Å². The molecule has 0 spiro atoms. The van der Waals surface area contributed by atoms with Crippen molar-refractivity contribution in [3.63, 3.8) is 0 Å². The van der Waals surface area contributed by atoms with E-state index in [0.29, 0.717) is 18.2 Å². The van der Waals surface area contributed by atoms with Crippen LogP contribution < -0.4 is 20.1 Å². The number of urea groups is 1. The molecule has 2 aromatic carbocycles. The van der Waals surface area contributed by atoms with Crippen molar-refractivity contribution in [2.24, 2.45) is 5.10 Å². The van der Waals surface area contributed by atoms with E-state index in [4.69, 9.17) is 9.47 Å². The number of aryl methyl sites for hydroxylation is 1. The molecule has 31 heavy (non-hydrogen) atoms. The van der Waals surface area contributed by atoms with Crippen LogP contribution in [-0.2, 0) is 6.54 Å². The molecule has 1 unspecified atom stereocenters. The van der Waals surface area contributed by atoms with Gasteiger partial charge in [0.15, 0.2) is 0 Å². The largest absolute Gasteiger partial charge is 0.496 e. The van der Waals surface area contributed by atoms with Crippen molar-refractivity contribution < 1.29 is 14.3 Å². The molecule has 2 amide bonds. The summed E-state index contributed by atoms with van der Waals surface area (Å²) in [5, 5.41) is 12.0. The van der Waals surface area contributed by atoms with Gasteiger partial charge in [0.25, 0.3) is 0 Å². The van der Waals surface area contributed by atoms with E-state index in [1.807, 2.05) is 49.5 Å². The number of carbonyl (C=O) groups is 1. The summed E-state index contributed by atoms with van der Waals surface area (Å²) >= 11 is 0. The van der Waals surface area contributed by atoms with Gasteiger partial charge in [0.2, 0.25) is 0 Å². The third-order valence-corrected chi connectivity index (χ3v) is 5.55. The summed E-state index contributed by atoms with van der Waals surface area (Å²) in [4.78, 5) is 12.5. The lowest BCUT2D eigenvalue weighted by atomic mass is 9.96. The first kappa shape index (κ1) is 22.5. The van der Waals surface area contributed by atoms with Crippen LogP contribution in [0.15, 0.2) is 35.4 Å². The number of hydrogen-bond donors (Lipinski definition) is 2. The van der Waals surface area contributed by atoms with Gasteiger partial charge in [0, 0.05) is 49.6 Å². The van der Waals surface area contributed by atoms with Crippen LogP contribution in [0.5, 0.6) is 11.5 Å². The number of nitrogens with one attached hydrogen (secondary N) is 2. The van der Waals surface area contributed by atoms with Gasteiger partial charge in [-0.25, -0.2) is 4.79 Å². The van der Waals surface area contributed by atoms with Crippen LogP contribution in [0.4, 0.5) is 10.5 Å². The van der Waals surface area contributed by atoms with E-state index in [-0.39, 0.29) is 11.9 Å². The molecule has 1 aliphatic heterocycles. The van der Waals surface area contributed by atoms with Crippen molar-refractivity contribution in [3.05, 3.63) is 52.6 Å². The van der Waals surface area contributed by atoms with Crippen LogP contribution in [0.25, 0.3) is 0 Å². The Bertz CT molecular complexity index is 972. The molecule has 1 heterocycles. The minimum atomic E-state index is -0.265. The van der Waals surface area contributed by atoms with Crippen molar-refractivity contribution >= 4 is 17.9 Å². The van der Waals surface area contributed by atoms with Crippen molar-refractivity contribution in [2.45, 2.75) is 39.2 Å². The molecule has 0 bridgehead atoms. The predicted molar refractivity (Wildman–Crippen MR) is 125 cm³/mol. The third-order valence-electron chi connectivity index (χ3n) is 5.55. The fourth-order valence-corrected chi connectivity index (χ4v) is 3.76. The number of amides is 2. The number of benzene rings is 2. The van der Waals surface area contributed by atoms with Gasteiger partial charge in [-0.3, -0.25) is 5.01 Å². The van der Waals surface area contributed by atoms with E-state index in [0.717, 1.165) is 40.3 Å². The molecule has 3 rings (SSSR count). The molecule has 2 aromatic rings. The molecule has 7 nitrogen and oxygen atoms in total. The molecule has 0 aromatic heterocycles. The van der Waals surface area contributed by atoms with Crippen LogP contribution in [0.3, 0.4) is 0 Å². The molecular formula is C24H32N4O3. The average molecular weight is 425 g/mol. The summed E-state index contributed by atoms with van der Waals surface area (Å²) in [7, 11) is 5.26. The van der Waals surface area contributed by atoms with Gasteiger partial charge in [0.1, 0.15) is 11.5 Å². The molecule has 2 N–H and O–H groups in total. The summed E-state index contributed by atoms with van der Waals surface area (Å²) in [5.41, 5.74) is 5.01. The Balaban J connectivity index is 1.66. The minimum Gasteiger partial charge on any atom is -0.496 e. The highest BCUT2D eigenvalue weighted by molar-refractivity contribution is 5.89. The summed E-state index contributed by atoms with van der Waals surface area (Å²) in [6, 6.07) is 9.58. The van der Waals surface area contributed by atoms with Gasteiger partial charge in [-0.15, -0.1) is 0 Å². The fourth-order valence-electron chi connectivity index (χ4n) is 3.76. The second-order valence-corrected chi connectivity index (χ2v) is 8.15. The summed E-state index contributed by atoms with van der Waals surface area (Å²) in [6.07, 6.45) is 1.92. The minimum absolute atomic E-state index is 0.177. The first-order valence-corrected chi connectivity index (χ1v) is 10.5. The fraction of sp³-hybridized carbons (Fsp3) is 0.417. The maximum absolute atomic E-state index is 12.5. The molecule has 0 saturated carbocycles. The zero-order valence-electron chi connectivity index (χ0n) is 19.2. The molecule has 7 heteroatoms. The lowest BCUT2D eigenvalue weighted by molar-refractivity contribution is 0.251. The van der Waals surface area contributed by atoms with Gasteiger partial charge in [-0.2, -0.15) is 5.10 Å². The van der Waals surface area contributed by atoms with Crippen LogP contribution in [0, 0.1) is 6.92 Å². The molecule has 0 saturated heterocycles. The molecule has 166 valence electrons. The van der Waals surface area contributed by atoms with Crippen molar-refractivity contribution in [2.75, 3.05) is 33.1 Å². The third kappa shape index (κ3) is 5.29. The Morgan fingerprint density at radius 3 is 2.55 bits per heavy atom. The number of rotatable bonds is 7. The molecule has 0 fully saturated rings. The highest BCUT2D eigenvalue weighted by Gasteiger charge is 2.21. The first-order chi connectivity index (χ1) is 14.8. The Labute approximate surface area is 184 Å². The lowest BCUT2D eigenvalue weighted by Crippen LogP contribution is -2.28. The maximum atomic E-state index is 12.5. The number of nitrogens with zero attached hydrogens (tertiary/aromatic N) is 2. The van der Waals surface area contributed by atoms with E-state index in [1.165, 1.54) is 0 Å². The van der Waals surface area contributed by atoms with Crippen LogP contribution in [0.2, 0.25) is 0 Å². The van der Waals surface area contributed by atoms with E-state index in [2.05, 4.69) is 35.6 Å². The normalized spacial score (nSPS) is 15.3. The van der Waals surface area contributed by atoms with Gasteiger partial charge < -0.3 is 20.1 Å². The average Bonchev–Trinajstić information content (AvgIpc) is 3.18. The Morgan fingerprint density at radius 1 is 1.19 bits per heavy atom. The maximum Gasteiger partial charge on any atom is 0.319 e. The number of likely N-dealkylation sites (N-methyl/N-ethyl adjacent to an activating group) is 1. The van der Waals surface area contributed by atoms with E-state index < -0.39 is 0 Å². The number of hydrogen-bond acceptors (Lipinski definition) is 5. The molecule has 0 radical (unpaired) electrons. The Hall–Kier alpha value is -3.22. The lowest BCUT2D eigenvalue weighted by Gasteiger charge is -2.17. The van der Waals surface area contributed by atoms with E-state index in [9.17, 15) is 4.79 Å². The summed E-state index contributed by atoms with van der Waals surface area (Å²) in [5.74, 6) is 2.12. The Kier molecular flexibility index (Phi) is 7.05. The van der Waals surface area contributed by atoms with Gasteiger partial charge in [0.05, 0.1) is 14.2 Å². The monoisotopic (exact) mass is 424 g/mol. The standard InChI is InChI=1S/C24H32N4O3/c1-15(2)21-10-17(16(3)9-22(21)30-5)12-25-24(29)27-19-7-8-20(23(11-19)31-6)18-13-26-28(4)14-18/h7-11,13,15,18H,12,14H2,1-6H3,(H2,25,27,29). The van der Waals surface area contributed by atoms with E-state index in [1.54, 1.807) is 14.2 Å². The van der Waals surface area contributed by atoms with Crippen LogP contribution in [0.1, 0.15) is 47.9 Å². The number of anilines is 1.